The Balaban J connectivity index is 2.34. The molecule has 0 aliphatic carbocycles. The zero-order chi connectivity index (χ0) is 11.7. The van der Waals surface area contributed by atoms with Gasteiger partial charge in [0.1, 0.15) is 5.56 Å². The third-order valence-corrected chi connectivity index (χ3v) is 3.19. The van der Waals surface area contributed by atoms with Crippen LogP contribution >= 0.6 is 0 Å². The van der Waals surface area contributed by atoms with Crippen molar-refractivity contribution in [3.8, 4) is 0 Å². The van der Waals surface area contributed by atoms with Gasteiger partial charge in [-0.3, -0.25) is 4.68 Å². The van der Waals surface area contributed by atoms with Gasteiger partial charge in [-0.25, -0.2) is 4.79 Å². The topological polar surface area (TPSA) is 67.2 Å². The van der Waals surface area contributed by atoms with E-state index in [2.05, 4.69) is 10.4 Å². The Hall–Kier alpha value is -1.36. The minimum atomic E-state index is -0.879. The van der Waals surface area contributed by atoms with Crippen molar-refractivity contribution in [3.05, 3.63) is 17.0 Å². The molecule has 0 unspecified atom stereocenters. The van der Waals surface area contributed by atoms with Crippen LogP contribution in [0.15, 0.2) is 0 Å². The number of rotatable bonds is 2. The lowest BCUT2D eigenvalue weighted by atomic mass is 10.1. The first-order valence-electron chi connectivity index (χ1n) is 5.61. The van der Waals surface area contributed by atoms with Crippen molar-refractivity contribution < 1.29 is 9.90 Å². The molecule has 0 atom stereocenters. The summed E-state index contributed by atoms with van der Waals surface area (Å²) in [5, 5.41) is 16.7. The summed E-state index contributed by atoms with van der Waals surface area (Å²) in [6.07, 6.45) is 2.03. The molecule has 1 aromatic rings. The normalized spacial score (nSPS) is 17.6. The van der Waals surface area contributed by atoms with E-state index in [1.54, 1.807) is 6.92 Å². The maximum atomic E-state index is 11.1. The summed E-state index contributed by atoms with van der Waals surface area (Å²) in [5.41, 5.74) is 1.75. The van der Waals surface area contributed by atoms with Crippen LogP contribution in [0.5, 0.6) is 0 Å². The molecule has 0 bridgehead atoms. The van der Waals surface area contributed by atoms with Crippen molar-refractivity contribution in [3.63, 3.8) is 0 Å². The predicted molar refractivity (Wildman–Crippen MR) is 59.8 cm³/mol. The third kappa shape index (κ3) is 1.82. The Morgan fingerprint density at radius 1 is 1.44 bits per heavy atom. The second-order valence-electron chi connectivity index (χ2n) is 4.28. The molecule has 1 fully saturated rings. The number of aryl methyl sites for hydroxylation is 1. The fourth-order valence-electron chi connectivity index (χ4n) is 2.38. The van der Waals surface area contributed by atoms with Crippen molar-refractivity contribution in [2.75, 3.05) is 13.1 Å². The molecule has 0 spiro atoms. The number of aromatic nitrogens is 2. The summed E-state index contributed by atoms with van der Waals surface area (Å²) < 4.78 is 1.89. The second-order valence-corrected chi connectivity index (χ2v) is 4.28. The van der Waals surface area contributed by atoms with Gasteiger partial charge in [-0.1, -0.05) is 0 Å². The van der Waals surface area contributed by atoms with E-state index in [-0.39, 0.29) is 0 Å². The van der Waals surface area contributed by atoms with Gasteiger partial charge in [0.05, 0.1) is 17.4 Å². The summed E-state index contributed by atoms with van der Waals surface area (Å²) in [4.78, 5) is 11.1. The Morgan fingerprint density at radius 2 is 2.06 bits per heavy atom. The van der Waals surface area contributed by atoms with Crippen LogP contribution in [0.1, 0.15) is 40.6 Å². The van der Waals surface area contributed by atoms with Crippen LogP contribution in [-0.2, 0) is 0 Å². The van der Waals surface area contributed by atoms with Crippen LogP contribution < -0.4 is 5.32 Å². The van der Waals surface area contributed by atoms with Crippen molar-refractivity contribution in [1.82, 2.24) is 15.1 Å². The summed E-state index contributed by atoms with van der Waals surface area (Å²) >= 11 is 0. The zero-order valence-electron chi connectivity index (χ0n) is 9.66. The molecule has 2 heterocycles. The lowest BCUT2D eigenvalue weighted by Gasteiger charge is -2.24. The zero-order valence-corrected chi connectivity index (χ0v) is 9.66. The Kier molecular flexibility index (Phi) is 2.96. The number of carbonyl (C=O) groups is 1. The minimum absolute atomic E-state index is 0.341. The lowest BCUT2D eigenvalue weighted by molar-refractivity contribution is 0.0695. The van der Waals surface area contributed by atoms with E-state index >= 15 is 0 Å². The molecule has 1 aromatic heterocycles. The number of aromatic carboxylic acids is 1. The molecule has 1 aliphatic heterocycles. The fraction of sp³-hybridized carbons (Fsp3) is 0.636. The molecule has 0 saturated carbocycles. The van der Waals surface area contributed by atoms with Crippen LogP contribution in [0.2, 0.25) is 0 Å². The van der Waals surface area contributed by atoms with Crippen LogP contribution in [0.4, 0.5) is 0 Å². The maximum Gasteiger partial charge on any atom is 0.339 e. The summed E-state index contributed by atoms with van der Waals surface area (Å²) in [5.74, 6) is -0.879. The van der Waals surface area contributed by atoms with Crippen LogP contribution in [0.25, 0.3) is 0 Å². The minimum Gasteiger partial charge on any atom is -0.478 e. The second kappa shape index (κ2) is 4.25. The van der Waals surface area contributed by atoms with Crippen molar-refractivity contribution >= 4 is 5.97 Å². The van der Waals surface area contributed by atoms with Crippen molar-refractivity contribution in [1.29, 1.82) is 0 Å². The first kappa shape index (κ1) is 11.1. The van der Waals surface area contributed by atoms with Gasteiger partial charge in [-0.05, 0) is 39.8 Å². The summed E-state index contributed by atoms with van der Waals surface area (Å²) in [6.45, 7) is 5.55. The number of carboxylic acid groups (broad SMARTS) is 1. The number of carboxylic acids is 1. The van der Waals surface area contributed by atoms with E-state index in [4.69, 9.17) is 5.11 Å². The SMILES string of the molecule is Cc1nn(C2CCNCC2)c(C)c1C(=O)O. The molecule has 2 rings (SSSR count). The molecule has 0 aromatic carbocycles. The molecule has 1 aliphatic rings. The Labute approximate surface area is 94.5 Å². The average Bonchev–Trinajstić information content (AvgIpc) is 2.55. The van der Waals surface area contributed by atoms with Crippen molar-refractivity contribution in [2.45, 2.75) is 32.7 Å². The molecule has 5 heteroatoms. The number of hydrogen-bond donors (Lipinski definition) is 2. The maximum absolute atomic E-state index is 11.1. The monoisotopic (exact) mass is 223 g/mol. The average molecular weight is 223 g/mol. The van der Waals surface area contributed by atoms with Gasteiger partial charge < -0.3 is 10.4 Å². The summed E-state index contributed by atoms with van der Waals surface area (Å²) in [6, 6.07) is 0.341. The van der Waals surface area contributed by atoms with Gasteiger partial charge in [-0.15, -0.1) is 0 Å². The summed E-state index contributed by atoms with van der Waals surface area (Å²) in [7, 11) is 0. The van der Waals surface area contributed by atoms with Gasteiger partial charge in [0.2, 0.25) is 0 Å². The van der Waals surface area contributed by atoms with Crippen LogP contribution in [0, 0.1) is 13.8 Å². The van der Waals surface area contributed by atoms with Gasteiger partial charge in [0.15, 0.2) is 0 Å². The highest BCUT2D eigenvalue weighted by Crippen LogP contribution is 2.23. The van der Waals surface area contributed by atoms with Gasteiger partial charge in [0, 0.05) is 0 Å². The number of hydrogen-bond acceptors (Lipinski definition) is 3. The molecular formula is C11H17N3O2. The Morgan fingerprint density at radius 3 is 2.56 bits per heavy atom. The molecule has 1 saturated heterocycles. The molecular weight excluding hydrogens is 206 g/mol. The quantitative estimate of drug-likeness (QED) is 0.788. The van der Waals surface area contributed by atoms with Gasteiger partial charge in [-0.2, -0.15) is 5.10 Å². The smallest absolute Gasteiger partial charge is 0.339 e. The number of nitrogens with one attached hydrogen (secondary N) is 1. The fourth-order valence-corrected chi connectivity index (χ4v) is 2.38. The molecule has 0 amide bonds. The Bertz CT molecular complexity index is 406. The van der Waals surface area contributed by atoms with Crippen LogP contribution in [-0.4, -0.2) is 33.9 Å². The highest BCUT2D eigenvalue weighted by atomic mass is 16.4. The molecule has 2 N–H and O–H groups in total. The largest absolute Gasteiger partial charge is 0.478 e. The van der Waals surface area contributed by atoms with E-state index in [1.807, 2.05) is 11.6 Å². The molecule has 16 heavy (non-hydrogen) atoms. The van der Waals surface area contributed by atoms with Crippen molar-refractivity contribution in [2.24, 2.45) is 0 Å². The third-order valence-electron chi connectivity index (χ3n) is 3.19. The van der Waals surface area contributed by atoms with Gasteiger partial charge >= 0.3 is 5.97 Å². The van der Waals surface area contributed by atoms with Gasteiger partial charge in [0.25, 0.3) is 0 Å². The highest BCUT2D eigenvalue weighted by Gasteiger charge is 2.23. The first-order chi connectivity index (χ1) is 7.61. The number of nitrogens with zero attached hydrogens (tertiary/aromatic N) is 2. The van der Waals surface area contributed by atoms with E-state index < -0.39 is 5.97 Å². The van der Waals surface area contributed by atoms with E-state index in [1.165, 1.54) is 0 Å². The molecule has 5 nitrogen and oxygen atoms in total. The standard InChI is InChI=1S/C11H17N3O2/c1-7-10(11(15)16)8(2)14(13-7)9-3-5-12-6-4-9/h9,12H,3-6H2,1-2H3,(H,15,16). The van der Waals surface area contributed by atoms with E-state index in [0.717, 1.165) is 31.6 Å². The molecule has 0 radical (unpaired) electrons. The van der Waals surface area contributed by atoms with E-state index in [0.29, 0.717) is 17.3 Å². The highest BCUT2D eigenvalue weighted by molar-refractivity contribution is 5.90. The lowest BCUT2D eigenvalue weighted by Crippen LogP contribution is -2.30. The number of piperidine rings is 1. The predicted octanol–water partition coefficient (Wildman–Crippen LogP) is 1.12. The van der Waals surface area contributed by atoms with Crippen LogP contribution in [0.3, 0.4) is 0 Å². The molecule has 88 valence electrons. The first-order valence-corrected chi connectivity index (χ1v) is 5.61. The van der Waals surface area contributed by atoms with E-state index in [9.17, 15) is 4.79 Å².